The van der Waals surface area contributed by atoms with Crippen LogP contribution in [-0.2, 0) is 14.2 Å². The molecule has 0 saturated carbocycles. The zero-order valence-electron chi connectivity index (χ0n) is 12.0. The number of aliphatic hydroxyl groups excluding tert-OH is 1. The summed E-state index contributed by atoms with van der Waals surface area (Å²) in [4.78, 5) is 23.3. The number of rotatable bonds is 8. The van der Waals surface area contributed by atoms with E-state index in [1.165, 1.54) is 26.4 Å². The molecule has 1 aromatic carbocycles. The molecule has 0 aliphatic carbocycles. The van der Waals surface area contributed by atoms with E-state index in [-0.39, 0.29) is 30.9 Å². The lowest BCUT2D eigenvalue weighted by atomic mass is 10.1. The predicted molar refractivity (Wildman–Crippen MR) is 72.5 cm³/mol. The van der Waals surface area contributed by atoms with Crippen LogP contribution in [-0.4, -0.2) is 57.7 Å². The number of hydrogen-bond donors (Lipinski definition) is 1. The molecule has 0 atom stereocenters. The maximum Gasteiger partial charge on any atom is 0.338 e. The Kier molecular flexibility index (Phi) is 7.20. The van der Waals surface area contributed by atoms with Crippen LogP contribution in [0.15, 0.2) is 18.2 Å². The van der Waals surface area contributed by atoms with Crippen LogP contribution < -0.4 is 4.74 Å². The molecular weight excluding hydrogens is 280 g/mol. The lowest BCUT2D eigenvalue weighted by molar-refractivity contribution is 0.0554. The molecule has 0 radical (unpaired) electrons. The van der Waals surface area contributed by atoms with E-state index in [0.717, 1.165) is 0 Å². The maximum absolute atomic E-state index is 11.7. The highest BCUT2D eigenvalue weighted by atomic mass is 16.5. The van der Waals surface area contributed by atoms with Crippen molar-refractivity contribution in [2.45, 2.75) is 0 Å². The Labute approximate surface area is 122 Å². The first-order valence-electron chi connectivity index (χ1n) is 6.26. The van der Waals surface area contributed by atoms with Crippen LogP contribution in [0.1, 0.15) is 20.7 Å². The van der Waals surface area contributed by atoms with Crippen molar-refractivity contribution in [3.8, 4) is 5.75 Å². The summed E-state index contributed by atoms with van der Waals surface area (Å²) in [5.41, 5.74) is 0.173. The zero-order chi connectivity index (χ0) is 15.7. The van der Waals surface area contributed by atoms with E-state index in [0.29, 0.717) is 12.4 Å². The predicted octanol–water partition coefficient (Wildman–Crippen LogP) is 0.647. The summed E-state index contributed by atoms with van der Waals surface area (Å²) in [5, 5.41) is 8.55. The highest BCUT2D eigenvalue weighted by Crippen LogP contribution is 2.19. The number of benzene rings is 1. The van der Waals surface area contributed by atoms with Crippen molar-refractivity contribution in [3.05, 3.63) is 29.3 Å². The summed E-state index contributed by atoms with van der Waals surface area (Å²) in [6.45, 7) is 0.726. The number of carbonyl (C=O) groups excluding carboxylic acids is 2. The number of methoxy groups -OCH3 is 2. The first-order valence-corrected chi connectivity index (χ1v) is 6.26. The lowest BCUT2D eigenvalue weighted by Crippen LogP contribution is -2.13. The summed E-state index contributed by atoms with van der Waals surface area (Å²) in [7, 11) is 2.45. The molecule has 7 heteroatoms. The summed E-state index contributed by atoms with van der Waals surface area (Å²) >= 11 is 0. The summed E-state index contributed by atoms with van der Waals surface area (Å²) in [6, 6.07) is 4.39. The van der Waals surface area contributed by atoms with E-state index >= 15 is 0 Å². The van der Waals surface area contributed by atoms with Crippen LogP contribution in [0.25, 0.3) is 0 Å². The lowest BCUT2D eigenvalue weighted by Gasteiger charge is -2.10. The first-order chi connectivity index (χ1) is 10.1. The average molecular weight is 298 g/mol. The van der Waals surface area contributed by atoms with Crippen molar-refractivity contribution >= 4 is 11.9 Å². The number of hydrogen-bond acceptors (Lipinski definition) is 7. The van der Waals surface area contributed by atoms with E-state index in [4.69, 9.17) is 14.6 Å². The Bertz CT molecular complexity index is 484. The van der Waals surface area contributed by atoms with Gasteiger partial charge in [-0.3, -0.25) is 0 Å². The van der Waals surface area contributed by atoms with Gasteiger partial charge in [-0.2, -0.15) is 0 Å². The monoisotopic (exact) mass is 298 g/mol. The van der Waals surface area contributed by atoms with Crippen LogP contribution in [0.4, 0.5) is 0 Å². The Hall–Kier alpha value is -2.12. The quantitative estimate of drug-likeness (QED) is 0.556. The van der Waals surface area contributed by atoms with Gasteiger partial charge in [-0.25, -0.2) is 9.59 Å². The molecule has 0 unspecified atom stereocenters. The second kappa shape index (κ2) is 8.93. The largest absolute Gasteiger partial charge is 0.491 e. The number of carbonyl (C=O) groups is 2. The molecule has 0 aromatic heterocycles. The van der Waals surface area contributed by atoms with Gasteiger partial charge in [-0.1, -0.05) is 0 Å². The molecule has 21 heavy (non-hydrogen) atoms. The maximum atomic E-state index is 11.7. The molecule has 0 spiro atoms. The van der Waals surface area contributed by atoms with E-state index in [1.54, 1.807) is 6.07 Å². The molecule has 0 aliphatic heterocycles. The fraction of sp³-hybridized carbons (Fsp3) is 0.429. The number of esters is 2. The van der Waals surface area contributed by atoms with Crippen LogP contribution in [0.2, 0.25) is 0 Å². The molecule has 0 heterocycles. The molecule has 0 fully saturated rings. The summed E-state index contributed by atoms with van der Waals surface area (Å²) in [6.07, 6.45) is 0. The van der Waals surface area contributed by atoms with Crippen molar-refractivity contribution in [1.82, 2.24) is 0 Å². The summed E-state index contributed by atoms with van der Waals surface area (Å²) in [5.74, 6) is -0.888. The van der Waals surface area contributed by atoms with Gasteiger partial charge in [0, 0.05) is 0 Å². The molecule has 0 aliphatic rings. The minimum atomic E-state index is -0.655. The van der Waals surface area contributed by atoms with Crippen LogP contribution >= 0.6 is 0 Å². The Morgan fingerprint density at radius 1 is 1.00 bits per heavy atom. The van der Waals surface area contributed by atoms with E-state index in [2.05, 4.69) is 9.47 Å². The number of ether oxygens (including phenoxy) is 4. The molecule has 116 valence electrons. The van der Waals surface area contributed by atoms with E-state index < -0.39 is 11.9 Å². The van der Waals surface area contributed by atoms with Crippen LogP contribution in [0, 0.1) is 0 Å². The smallest absolute Gasteiger partial charge is 0.338 e. The average Bonchev–Trinajstić information content (AvgIpc) is 2.53. The second-order valence-corrected chi connectivity index (χ2v) is 3.87. The van der Waals surface area contributed by atoms with Crippen molar-refractivity contribution in [3.63, 3.8) is 0 Å². The van der Waals surface area contributed by atoms with Crippen LogP contribution in [0.3, 0.4) is 0 Å². The van der Waals surface area contributed by atoms with Crippen molar-refractivity contribution < 1.29 is 33.6 Å². The molecule has 1 rings (SSSR count). The van der Waals surface area contributed by atoms with Crippen molar-refractivity contribution in [1.29, 1.82) is 0 Å². The van der Waals surface area contributed by atoms with Gasteiger partial charge >= 0.3 is 11.9 Å². The molecule has 1 aromatic rings. The third kappa shape index (κ3) is 5.05. The molecular formula is C14H18O7. The molecule has 7 nitrogen and oxygen atoms in total. The van der Waals surface area contributed by atoms with E-state index in [9.17, 15) is 9.59 Å². The Morgan fingerprint density at radius 3 is 2.29 bits per heavy atom. The van der Waals surface area contributed by atoms with Crippen molar-refractivity contribution in [2.75, 3.05) is 40.6 Å². The molecule has 0 amide bonds. The minimum absolute atomic E-state index is 0.0552. The normalized spacial score (nSPS) is 10.0. The van der Waals surface area contributed by atoms with Gasteiger partial charge in [0.05, 0.1) is 45.2 Å². The fourth-order valence-electron chi connectivity index (χ4n) is 1.56. The zero-order valence-corrected chi connectivity index (χ0v) is 12.0. The fourth-order valence-corrected chi connectivity index (χ4v) is 1.56. The molecule has 0 bridgehead atoms. The van der Waals surface area contributed by atoms with Crippen molar-refractivity contribution in [2.24, 2.45) is 0 Å². The highest BCUT2D eigenvalue weighted by Gasteiger charge is 2.19. The first kappa shape index (κ1) is 16.9. The standard InChI is InChI=1S/C14H18O7/c1-18-13(16)11-4-3-10(9-12(11)14(17)19-2)21-8-7-20-6-5-15/h3-4,9,15H,5-8H2,1-2H3. The SMILES string of the molecule is COC(=O)c1ccc(OCCOCCO)cc1C(=O)OC. The summed E-state index contributed by atoms with van der Waals surface area (Å²) < 4.78 is 19.7. The minimum Gasteiger partial charge on any atom is -0.491 e. The topological polar surface area (TPSA) is 91.3 Å². The molecule has 1 N–H and O–H groups in total. The molecule has 0 saturated heterocycles. The van der Waals surface area contributed by atoms with Gasteiger partial charge in [0.25, 0.3) is 0 Å². The number of aliphatic hydroxyl groups is 1. The third-order valence-corrected chi connectivity index (χ3v) is 2.53. The highest BCUT2D eigenvalue weighted by molar-refractivity contribution is 6.03. The second-order valence-electron chi connectivity index (χ2n) is 3.87. The van der Waals surface area contributed by atoms with Gasteiger partial charge in [0.1, 0.15) is 12.4 Å². The van der Waals surface area contributed by atoms with Gasteiger partial charge in [0.2, 0.25) is 0 Å². The van der Waals surface area contributed by atoms with Gasteiger partial charge in [-0.15, -0.1) is 0 Å². The Morgan fingerprint density at radius 2 is 1.67 bits per heavy atom. The van der Waals surface area contributed by atoms with Crippen LogP contribution in [0.5, 0.6) is 5.75 Å². The van der Waals surface area contributed by atoms with Gasteiger partial charge < -0.3 is 24.1 Å². The van der Waals surface area contributed by atoms with Gasteiger partial charge in [-0.05, 0) is 18.2 Å². The van der Waals surface area contributed by atoms with Gasteiger partial charge in [0.15, 0.2) is 0 Å². The Balaban J connectivity index is 2.79. The van der Waals surface area contributed by atoms with E-state index in [1.807, 2.05) is 0 Å². The third-order valence-electron chi connectivity index (χ3n) is 2.53.